The Bertz CT molecular complexity index is 714. The lowest BCUT2D eigenvalue weighted by atomic mass is 9.75. The summed E-state index contributed by atoms with van der Waals surface area (Å²) in [5, 5.41) is 0. The van der Waals surface area contributed by atoms with Crippen LogP contribution in [-0.4, -0.2) is 55.4 Å². The maximum atomic E-state index is 13.7. The minimum atomic E-state index is -4.64. The molecule has 2 aliphatic heterocycles. The van der Waals surface area contributed by atoms with E-state index in [0.29, 0.717) is 26.3 Å². The van der Waals surface area contributed by atoms with Crippen molar-refractivity contribution in [2.24, 2.45) is 0 Å². The smallest absolute Gasteiger partial charge is 0.399 e. The molecule has 5 nitrogen and oxygen atoms in total. The Balaban J connectivity index is 1.95. The first-order valence-corrected chi connectivity index (χ1v) is 8.86. The van der Waals surface area contributed by atoms with E-state index in [0.717, 1.165) is 6.07 Å². The molecule has 2 heterocycles. The van der Waals surface area contributed by atoms with Crippen molar-refractivity contribution < 1.29 is 32.0 Å². The summed E-state index contributed by atoms with van der Waals surface area (Å²) < 4.78 is 57.9. The maximum absolute atomic E-state index is 13.7. The molecule has 2 fully saturated rings. The Labute approximate surface area is 156 Å². The van der Waals surface area contributed by atoms with E-state index >= 15 is 0 Å². The molecule has 0 aliphatic carbocycles. The summed E-state index contributed by atoms with van der Waals surface area (Å²) in [6.07, 6.45) is -4.64. The molecule has 0 N–H and O–H groups in total. The van der Waals surface area contributed by atoms with Gasteiger partial charge >= 0.3 is 13.3 Å². The number of morpholine rings is 1. The normalized spacial score (nSPS) is 22.2. The third-order valence-corrected chi connectivity index (χ3v) is 5.41. The molecule has 1 aromatic rings. The van der Waals surface area contributed by atoms with Crippen LogP contribution in [0.25, 0.3) is 0 Å². The van der Waals surface area contributed by atoms with Crippen LogP contribution >= 0.6 is 0 Å². The van der Waals surface area contributed by atoms with Crippen LogP contribution in [-0.2, 0) is 20.2 Å². The van der Waals surface area contributed by atoms with Gasteiger partial charge in [-0.15, -0.1) is 0 Å². The van der Waals surface area contributed by atoms with Gasteiger partial charge in [-0.25, -0.2) is 0 Å². The fourth-order valence-corrected chi connectivity index (χ4v) is 3.06. The fourth-order valence-electron chi connectivity index (χ4n) is 3.06. The highest BCUT2D eigenvalue weighted by Crippen LogP contribution is 2.38. The number of hydrogen-bond acceptors (Lipinski definition) is 4. The largest absolute Gasteiger partial charge is 0.495 e. The summed E-state index contributed by atoms with van der Waals surface area (Å²) in [5.74, 6) is -0.440. The van der Waals surface area contributed by atoms with E-state index < -0.39 is 36.0 Å². The van der Waals surface area contributed by atoms with Gasteiger partial charge in [-0.1, -0.05) is 6.07 Å². The van der Waals surface area contributed by atoms with Gasteiger partial charge in [-0.05, 0) is 45.3 Å². The predicted molar refractivity (Wildman–Crippen MR) is 93.9 cm³/mol. The molecule has 0 bridgehead atoms. The van der Waals surface area contributed by atoms with Crippen LogP contribution in [0.3, 0.4) is 0 Å². The molecule has 0 spiro atoms. The summed E-state index contributed by atoms with van der Waals surface area (Å²) in [7, 11) is -1.15. The lowest BCUT2D eigenvalue weighted by molar-refractivity contribution is -0.136. The first-order chi connectivity index (χ1) is 12.4. The molecular weight excluding hydrogens is 362 g/mol. The quantitative estimate of drug-likeness (QED) is 0.735. The zero-order valence-electron chi connectivity index (χ0n) is 15.9. The zero-order valence-corrected chi connectivity index (χ0v) is 15.9. The highest BCUT2D eigenvalue weighted by Gasteiger charge is 2.53. The van der Waals surface area contributed by atoms with E-state index in [9.17, 15) is 18.0 Å². The highest BCUT2D eigenvalue weighted by atomic mass is 19.4. The standard InChI is InChI=1S/C18H23BF3NO4/c1-16(2)17(3,4)27-19(26-16)14-6-5-12(11-13(14)18(20,21)22)15(24)23-7-9-25-10-8-23/h5-6,11H,7-10H2,1-4H3. The van der Waals surface area contributed by atoms with E-state index in [1.54, 1.807) is 27.7 Å². The number of nitrogens with zero attached hydrogens (tertiary/aromatic N) is 1. The second-order valence-electron chi connectivity index (χ2n) is 7.79. The molecule has 2 saturated heterocycles. The number of alkyl halides is 3. The van der Waals surface area contributed by atoms with Crippen LogP contribution < -0.4 is 5.46 Å². The lowest BCUT2D eigenvalue weighted by Gasteiger charge is -2.32. The summed E-state index contributed by atoms with van der Waals surface area (Å²) in [5.41, 5.74) is -2.57. The van der Waals surface area contributed by atoms with Crippen molar-refractivity contribution in [2.45, 2.75) is 45.1 Å². The average Bonchev–Trinajstić information content (AvgIpc) is 2.81. The summed E-state index contributed by atoms with van der Waals surface area (Å²) in [4.78, 5) is 14.1. The van der Waals surface area contributed by atoms with Gasteiger partial charge in [0.05, 0.1) is 30.0 Å². The molecule has 9 heteroatoms. The molecule has 148 valence electrons. The van der Waals surface area contributed by atoms with Crippen LogP contribution in [0.5, 0.6) is 0 Å². The fraction of sp³-hybridized carbons (Fsp3) is 0.611. The van der Waals surface area contributed by atoms with Gasteiger partial charge in [0, 0.05) is 18.7 Å². The number of carbonyl (C=O) groups is 1. The molecule has 0 saturated carbocycles. The van der Waals surface area contributed by atoms with Crippen LogP contribution in [0.15, 0.2) is 18.2 Å². The monoisotopic (exact) mass is 385 g/mol. The second kappa shape index (κ2) is 6.79. The minimum absolute atomic E-state index is 0.00973. The number of ether oxygens (including phenoxy) is 1. The number of hydrogen-bond donors (Lipinski definition) is 0. The van der Waals surface area contributed by atoms with E-state index in [1.165, 1.54) is 17.0 Å². The molecule has 2 aliphatic rings. The Kier molecular flexibility index (Phi) is 5.07. The van der Waals surface area contributed by atoms with Crippen molar-refractivity contribution in [2.75, 3.05) is 26.3 Å². The first kappa shape index (κ1) is 20.2. The molecule has 0 radical (unpaired) electrons. The molecule has 0 aromatic heterocycles. The van der Waals surface area contributed by atoms with Crippen molar-refractivity contribution in [1.29, 1.82) is 0 Å². The van der Waals surface area contributed by atoms with Crippen LogP contribution in [0.4, 0.5) is 13.2 Å². The maximum Gasteiger partial charge on any atom is 0.495 e. The average molecular weight is 385 g/mol. The van der Waals surface area contributed by atoms with Crippen molar-refractivity contribution >= 4 is 18.5 Å². The predicted octanol–water partition coefficient (Wildman–Crippen LogP) is 2.48. The lowest BCUT2D eigenvalue weighted by Crippen LogP contribution is -2.42. The van der Waals surface area contributed by atoms with Crippen molar-refractivity contribution in [3.05, 3.63) is 29.3 Å². The van der Waals surface area contributed by atoms with E-state index in [1.807, 2.05) is 0 Å². The van der Waals surface area contributed by atoms with Gasteiger partial charge in [0.2, 0.25) is 0 Å². The molecular formula is C18H23BF3NO4. The van der Waals surface area contributed by atoms with Gasteiger partial charge < -0.3 is 18.9 Å². The molecule has 0 atom stereocenters. The number of halogens is 3. The van der Waals surface area contributed by atoms with Crippen LogP contribution in [0, 0.1) is 0 Å². The van der Waals surface area contributed by atoms with E-state index in [4.69, 9.17) is 14.0 Å². The summed E-state index contributed by atoms with van der Waals surface area (Å²) >= 11 is 0. The SMILES string of the molecule is CC1(C)OB(c2ccc(C(=O)N3CCOCC3)cc2C(F)(F)F)OC1(C)C. The number of carbonyl (C=O) groups excluding carboxylic acids is 1. The zero-order chi connectivity index (χ0) is 20.0. The summed E-state index contributed by atoms with van der Waals surface area (Å²) in [6.45, 7) is 8.58. The first-order valence-electron chi connectivity index (χ1n) is 8.86. The van der Waals surface area contributed by atoms with E-state index in [2.05, 4.69) is 0 Å². The van der Waals surface area contributed by atoms with Gasteiger partial charge in [-0.3, -0.25) is 4.79 Å². The van der Waals surface area contributed by atoms with Gasteiger partial charge in [-0.2, -0.15) is 13.2 Å². The van der Waals surface area contributed by atoms with E-state index in [-0.39, 0.29) is 11.0 Å². The Morgan fingerprint density at radius 3 is 2.15 bits per heavy atom. The second-order valence-corrected chi connectivity index (χ2v) is 7.79. The van der Waals surface area contributed by atoms with Gasteiger partial charge in [0.25, 0.3) is 5.91 Å². The van der Waals surface area contributed by atoms with Crippen molar-refractivity contribution in [1.82, 2.24) is 4.90 Å². The third-order valence-electron chi connectivity index (χ3n) is 5.41. The molecule has 1 aromatic carbocycles. The van der Waals surface area contributed by atoms with Crippen molar-refractivity contribution in [3.8, 4) is 0 Å². The third kappa shape index (κ3) is 3.86. The molecule has 3 rings (SSSR count). The Morgan fingerprint density at radius 1 is 1.07 bits per heavy atom. The Hall–Kier alpha value is -1.58. The summed E-state index contributed by atoms with van der Waals surface area (Å²) in [6, 6.07) is 3.56. The van der Waals surface area contributed by atoms with Gasteiger partial charge in [0.1, 0.15) is 0 Å². The molecule has 0 unspecified atom stereocenters. The number of amides is 1. The highest BCUT2D eigenvalue weighted by molar-refractivity contribution is 6.62. The van der Waals surface area contributed by atoms with Crippen LogP contribution in [0.2, 0.25) is 0 Å². The minimum Gasteiger partial charge on any atom is -0.399 e. The molecule has 27 heavy (non-hydrogen) atoms. The molecule has 1 amide bonds. The number of rotatable bonds is 2. The topological polar surface area (TPSA) is 48.0 Å². The Morgan fingerprint density at radius 2 is 1.63 bits per heavy atom. The van der Waals surface area contributed by atoms with Crippen LogP contribution in [0.1, 0.15) is 43.6 Å². The van der Waals surface area contributed by atoms with Gasteiger partial charge in [0.15, 0.2) is 0 Å². The van der Waals surface area contributed by atoms with Crippen molar-refractivity contribution in [3.63, 3.8) is 0 Å². The number of benzene rings is 1.